The van der Waals surface area contributed by atoms with Crippen molar-refractivity contribution in [2.75, 3.05) is 11.1 Å². The second-order valence-electron chi connectivity index (χ2n) is 4.49. The first-order valence-corrected chi connectivity index (χ1v) is 8.41. The Labute approximate surface area is 129 Å². The molecule has 1 aromatic heterocycles. The van der Waals surface area contributed by atoms with E-state index in [1.165, 1.54) is 35.9 Å². The number of carbonyl (C=O) groups excluding carboxylic acids is 1. The van der Waals surface area contributed by atoms with E-state index in [2.05, 4.69) is 15.5 Å². The zero-order valence-corrected chi connectivity index (χ0v) is 12.9. The van der Waals surface area contributed by atoms with Crippen molar-refractivity contribution >= 4 is 45.7 Å². The molecule has 104 valence electrons. The Bertz CT molecular complexity index is 628. The summed E-state index contributed by atoms with van der Waals surface area (Å²) in [4.78, 5) is 12.8. The largest absolute Gasteiger partial charge is 0.300 e. The Balaban J connectivity index is 1.52. The molecule has 0 aliphatic heterocycles. The van der Waals surface area contributed by atoms with Gasteiger partial charge in [-0.25, -0.2) is 0 Å². The first kappa shape index (κ1) is 13.9. The van der Waals surface area contributed by atoms with Gasteiger partial charge in [-0.2, -0.15) is 0 Å². The summed E-state index contributed by atoms with van der Waals surface area (Å²) in [5.41, 5.74) is 0. The zero-order chi connectivity index (χ0) is 13.9. The molecule has 1 fully saturated rings. The maximum Gasteiger partial charge on any atom is 0.236 e. The summed E-state index contributed by atoms with van der Waals surface area (Å²) in [7, 11) is 0. The van der Waals surface area contributed by atoms with Crippen LogP contribution in [0.5, 0.6) is 0 Å². The Morgan fingerprint density at radius 1 is 1.40 bits per heavy atom. The Hall–Kier alpha value is -1.11. The molecule has 1 heterocycles. The molecule has 4 nitrogen and oxygen atoms in total. The molecule has 0 bridgehead atoms. The Morgan fingerprint density at radius 2 is 2.20 bits per heavy atom. The average molecular weight is 326 g/mol. The molecular weight excluding hydrogens is 314 g/mol. The molecule has 1 saturated carbocycles. The summed E-state index contributed by atoms with van der Waals surface area (Å²) < 4.78 is 0. The van der Waals surface area contributed by atoms with Gasteiger partial charge < -0.3 is 0 Å². The number of thioether (sulfide) groups is 1. The number of benzene rings is 1. The fourth-order valence-electron chi connectivity index (χ4n) is 1.64. The van der Waals surface area contributed by atoms with Crippen LogP contribution in [-0.2, 0) is 4.79 Å². The van der Waals surface area contributed by atoms with Crippen LogP contribution in [0.4, 0.5) is 5.13 Å². The normalized spacial score (nSPS) is 14.2. The Kier molecular flexibility index (Phi) is 4.24. The van der Waals surface area contributed by atoms with E-state index >= 15 is 0 Å². The van der Waals surface area contributed by atoms with Crippen LogP contribution >= 0.6 is 34.7 Å². The minimum Gasteiger partial charge on any atom is -0.300 e. The van der Waals surface area contributed by atoms with Gasteiger partial charge in [0.1, 0.15) is 5.01 Å². The number of nitrogens with one attached hydrogen (secondary N) is 1. The maximum absolute atomic E-state index is 11.9. The number of nitrogens with zero attached hydrogens (tertiary/aromatic N) is 2. The smallest absolute Gasteiger partial charge is 0.236 e. The SMILES string of the molecule is O=C(CSc1ccccc1Cl)Nc1nnc(C2CC2)s1. The van der Waals surface area contributed by atoms with Crippen molar-refractivity contribution in [2.45, 2.75) is 23.7 Å². The molecule has 1 aliphatic carbocycles. The number of carbonyl (C=O) groups is 1. The van der Waals surface area contributed by atoms with Gasteiger partial charge in [0.25, 0.3) is 0 Å². The maximum atomic E-state index is 11.9. The van der Waals surface area contributed by atoms with Gasteiger partial charge in [-0.05, 0) is 25.0 Å². The number of anilines is 1. The van der Waals surface area contributed by atoms with Crippen LogP contribution in [0, 0.1) is 0 Å². The van der Waals surface area contributed by atoms with E-state index in [1.807, 2.05) is 24.3 Å². The molecule has 1 N–H and O–H groups in total. The van der Waals surface area contributed by atoms with Crippen molar-refractivity contribution in [1.82, 2.24) is 10.2 Å². The highest BCUT2D eigenvalue weighted by molar-refractivity contribution is 8.00. The number of aromatic nitrogens is 2. The lowest BCUT2D eigenvalue weighted by Gasteiger charge is -2.03. The number of halogens is 1. The Morgan fingerprint density at radius 3 is 2.95 bits per heavy atom. The lowest BCUT2D eigenvalue weighted by Crippen LogP contribution is -2.13. The quantitative estimate of drug-likeness (QED) is 0.849. The fraction of sp³-hybridized carbons (Fsp3) is 0.308. The third-order valence-electron chi connectivity index (χ3n) is 2.81. The highest BCUT2D eigenvalue weighted by Gasteiger charge is 2.27. The molecule has 3 rings (SSSR count). The molecule has 2 aromatic rings. The van der Waals surface area contributed by atoms with Gasteiger partial charge in [-0.3, -0.25) is 10.1 Å². The predicted octanol–water partition coefficient (Wildman–Crippen LogP) is 3.80. The summed E-state index contributed by atoms with van der Waals surface area (Å²) in [5.74, 6) is 0.784. The summed E-state index contributed by atoms with van der Waals surface area (Å²) in [5, 5.41) is 13.1. The van der Waals surface area contributed by atoms with Crippen LogP contribution in [0.3, 0.4) is 0 Å². The minimum atomic E-state index is -0.0894. The van der Waals surface area contributed by atoms with E-state index in [-0.39, 0.29) is 5.91 Å². The van der Waals surface area contributed by atoms with Crippen molar-refractivity contribution in [1.29, 1.82) is 0 Å². The first-order chi connectivity index (χ1) is 9.72. The molecule has 20 heavy (non-hydrogen) atoms. The molecule has 1 aromatic carbocycles. The van der Waals surface area contributed by atoms with Crippen molar-refractivity contribution in [3.05, 3.63) is 34.3 Å². The van der Waals surface area contributed by atoms with Gasteiger partial charge in [0.15, 0.2) is 0 Å². The van der Waals surface area contributed by atoms with Gasteiger partial charge >= 0.3 is 0 Å². The molecule has 0 saturated heterocycles. The van der Waals surface area contributed by atoms with E-state index < -0.39 is 0 Å². The van der Waals surface area contributed by atoms with E-state index in [1.54, 1.807) is 0 Å². The van der Waals surface area contributed by atoms with Crippen LogP contribution in [0.25, 0.3) is 0 Å². The van der Waals surface area contributed by atoms with Crippen molar-refractivity contribution in [3.8, 4) is 0 Å². The molecule has 1 amide bonds. The van der Waals surface area contributed by atoms with Gasteiger partial charge in [0.05, 0.1) is 10.8 Å². The van der Waals surface area contributed by atoms with E-state index in [0.29, 0.717) is 21.8 Å². The van der Waals surface area contributed by atoms with Crippen molar-refractivity contribution in [2.24, 2.45) is 0 Å². The summed E-state index contributed by atoms with van der Waals surface area (Å²) in [6, 6.07) is 7.48. The highest BCUT2D eigenvalue weighted by atomic mass is 35.5. The van der Waals surface area contributed by atoms with Crippen molar-refractivity contribution < 1.29 is 4.79 Å². The predicted molar refractivity (Wildman–Crippen MR) is 82.7 cm³/mol. The third-order valence-corrected chi connectivity index (χ3v) is 5.33. The molecule has 0 unspecified atom stereocenters. The second-order valence-corrected chi connectivity index (χ2v) is 6.92. The average Bonchev–Trinajstić information content (AvgIpc) is 3.19. The third kappa shape index (κ3) is 3.50. The first-order valence-electron chi connectivity index (χ1n) is 6.23. The highest BCUT2D eigenvalue weighted by Crippen LogP contribution is 2.42. The van der Waals surface area contributed by atoms with Crippen LogP contribution < -0.4 is 5.32 Å². The van der Waals surface area contributed by atoms with Gasteiger partial charge in [0, 0.05) is 10.8 Å². The summed E-state index contributed by atoms with van der Waals surface area (Å²) >= 11 is 8.92. The van der Waals surface area contributed by atoms with E-state index in [9.17, 15) is 4.79 Å². The van der Waals surface area contributed by atoms with Crippen LogP contribution in [-0.4, -0.2) is 21.9 Å². The fourth-order valence-corrected chi connectivity index (χ4v) is 3.61. The monoisotopic (exact) mass is 325 g/mol. The van der Waals surface area contributed by atoms with Crippen LogP contribution in [0.1, 0.15) is 23.8 Å². The second kappa shape index (κ2) is 6.11. The molecule has 1 aliphatic rings. The van der Waals surface area contributed by atoms with E-state index in [4.69, 9.17) is 11.6 Å². The van der Waals surface area contributed by atoms with Gasteiger partial charge in [-0.1, -0.05) is 35.1 Å². The minimum absolute atomic E-state index is 0.0894. The number of hydrogen-bond acceptors (Lipinski definition) is 5. The number of rotatable bonds is 5. The number of amides is 1. The lowest BCUT2D eigenvalue weighted by atomic mass is 10.4. The lowest BCUT2D eigenvalue weighted by molar-refractivity contribution is -0.113. The standard InChI is InChI=1S/C13H12ClN3OS2/c14-9-3-1-2-4-10(9)19-7-11(18)15-13-17-16-12(20-13)8-5-6-8/h1-4,8H,5-7H2,(H,15,17,18). The molecule has 0 radical (unpaired) electrons. The van der Waals surface area contributed by atoms with E-state index in [0.717, 1.165) is 9.90 Å². The van der Waals surface area contributed by atoms with Gasteiger partial charge in [0.2, 0.25) is 11.0 Å². The molecular formula is C13H12ClN3OS2. The van der Waals surface area contributed by atoms with Crippen LogP contribution in [0.15, 0.2) is 29.2 Å². The molecule has 0 spiro atoms. The van der Waals surface area contributed by atoms with Gasteiger partial charge in [-0.15, -0.1) is 22.0 Å². The van der Waals surface area contributed by atoms with Crippen LogP contribution in [0.2, 0.25) is 5.02 Å². The summed E-state index contributed by atoms with van der Waals surface area (Å²) in [6.07, 6.45) is 2.37. The topological polar surface area (TPSA) is 54.9 Å². The molecule has 7 heteroatoms. The zero-order valence-electron chi connectivity index (χ0n) is 10.5. The number of hydrogen-bond donors (Lipinski definition) is 1. The molecule has 0 atom stereocenters. The summed E-state index contributed by atoms with van der Waals surface area (Å²) in [6.45, 7) is 0. The van der Waals surface area contributed by atoms with Crippen molar-refractivity contribution in [3.63, 3.8) is 0 Å².